The van der Waals surface area contributed by atoms with Crippen molar-refractivity contribution in [2.75, 3.05) is 17.3 Å². The minimum absolute atomic E-state index is 0.269. The molecule has 1 atom stereocenters. The lowest BCUT2D eigenvalue weighted by Gasteiger charge is -2.18. The van der Waals surface area contributed by atoms with Gasteiger partial charge in [-0.25, -0.2) is 4.98 Å². The smallest absolute Gasteiger partial charge is 0.253 e. The number of hydrogen-bond donors (Lipinski definition) is 2. The highest BCUT2D eigenvalue weighted by Crippen LogP contribution is 2.23. The summed E-state index contributed by atoms with van der Waals surface area (Å²) in [5.41, 5.74) is 2.84. The Bertz CT molecular complexity index is 1210. The fourth-order valence-electron chi connectivity index (χ4n) is 3.21. The number of aromatic nitrogens is 2. The molecule has 0 radical (unpaired) electrons. The summed E-state index contributed by atoms with van der Waals surface area (Å²) in [4.78, 5) is 31.1. The maximum Gasteiger partial charge on any atom is 0.253 e. The lowest BCUT2D eigenvalue weighted by Crippen LogP contribution is -2.44. The molecule has 32 heavy (non-hydrogen) atoms. The average molecular weight is 485 g/mol. The van der Waals surface area contributed by atoms with Crippen LogP contribution in [0.25, 0.3) is 16.2 Å². The number of rotatable bonds is 8. The van der Waals surface area contributed by atoms with Gasteiger partial charge in [-0.2, -0.15) is 11.8 Å². The zero-order valence-electron chi connectivity index (χ0n) is 17.2. The highest BCUT2D eigenvalue weighted by molar-refractivity contribution is 7.98. The number of halogens is 1. The summed E-state index contributed by atoms with van der Waals surface area (Å²) in [6.07, 6.45) is 6.41. The van der Waals surface area contributed by atoms with E-state index in [4.69, 9.17) is 11.6 Å². The maximum absolute atomic E-state index is 12.9. The first-order chi connectivity index (χ1) is 15.5. The molecule has 2 aromatic carbocycles. The normalized spacial score (nSPS) is 11.9. The summed E-state index contributed by atoms with van der Waals surface area (Å²) in [6, 6.07) is 13.6. The van der Waals surface area contributed by atoms with Gasteiger partial charge < -0.3 is 10.6 Å². The van der Waals surface area contributed by atoms with Gasteiger partial charge in [-0.05, 0) is 42.7 Å². The van der Waals surface area contributed by atoms with Crippen LogP contribution in [0.5, 0.6) is 0 Å². The second-order valence-corrected chi connectivity index (χ2v) is 9.34. The number of carbonyl (C=O) groups excluding carboxylic acids is 2. The number of nitrogens with zero attached hydrogens (tertiary/aromatic N) is 2. The predicted octanol–water partition coefficient (Wildman–Crippen LogP) is 5.21. The van der Waals surface area contributed by atoms with Crippen molar-refractivity contribution in [3.05, 3.63) is 76.9 Å². The van der Waals surface area contributed by atoms with Gasteiger partial charge in [0.1, 0.15) is 6.04 Å². The lowest BCUT2D eigenvalue weighted by atomic mass is 10.1. The minimum Gasteiger partial charge on any atom is -0.340 e. The first-order valence-corrected chi connectivity index (χ1v) is 12.6. The SMILES string of the molecule is CSCCC(NC(=O)c1ccccc1Cl)C(=O)Nc1ccc(-c2cn3ccsc3n2)cc1. The van der Waals surface area contributed by atoms with Crippen LogP contribution in [-0.4, -0.2) is 39.2 Å². The summed E-state index contributed by atoms with van der Waals surface area (Å²) in [6.45, 7) is 0. The Morgan fingerprint density at radius 2 is 1.97 bits per heavy atom. The molecule has 0 fully saturated rings. The van der Waals surface area contributed by atoms with Crippen molar-refractivity contribution in [2.45, 2.75) is 12.5 Å². The number of anilines is 1. The van der Waals surface area contributed by atoms with E-state index in [0.29, 0.717) is 22.7 Å². The van der Waals surface area contributed by atoms with Crippen LogP contribution in [0, 0.1) is 0 Å². The average Bonchev–Trinajstić information content (AvgIpc) is 3.40. The third-order valence-electron chi connectivity index (χ3n) is 4.89. The van der Waals surface area contributed by atoms with E-state index in [2.05, 4.69) is 15.6 Å². The van der Waals surface area contributed by atoms with Gasteiger partial charge in [0.15, 0.2) is 4.96 Å². The molecule has 0 aliphatic heterocycles. The largest absolute Gasteiger partial charge is 0.340 e. The molecular formula is C23H21ClN4O2S2. The summed E-state index contributed by atoms with van der Waals surface area (Å²) in [5.74, 6) is 0.0961. The van der Waals surface area contributed by atoms with Crippen LogP contribution in [0.15, 0.2) is 66.3 Å². The van der Waals surface area contributed by atoms with E-state index in [1.165, 1.54) is 0 Å². The van der Waals surface area contributed by atoms with Crippen LogP contribution in [-0.2, 0) is 4.79 Å². The first-order valence-electron chi connectivity index (χ1n) is 9.93. The van der Waals surface area contributed by atoms with Crippen LogP contribution >= 0.6 is 34.7 Å². The van der Waals surface area contributed by atoms with E-state index in [9.17, 15) is 9.59 Å². The van der Waals surface area contributed by atoms with Gasteiger partial charge in [-0.3, -0.25) is 14.0 Å². The zero-order chi connectivity index (χ0) is 22.5. The van der Waals surface area contributed by atoms with E-state index in [-0.39, 0.29) is 11.8 Å². The first kappa shape index (κ1) is 22.4. The molecule has 1 unspecified atom stereocenters. The number of nitrogens with one attached hydrogen (secondary N) is 2. The van der Waals surface area contributed by atoms with Gasteiger partial charge in [-0.15, -0.1) is 11.3 Å². The number of amides is 2. The highest BCUT2D eigenvalue weighted by atomic mass is 35.5. The summed E-state index contributed by atoms with van der Waals surface area (Å²) in [5, 5.41) is 8.06. The Labute approximate surface area is 199 Å². The van der Waals surface area contributed by atoms with Crippen LogP contribution in [0.3, 0.4) is 0 Å². The Hall–Kier alpha value is -2.81. The molecule has 2 aromatic heterocycles. The number of imidazole rings is 1. The molecule has 9 heteroatoms. The Morgan fingerprint density at radius 1 is 1.19 bits per heavy atom. The van der Waals surface area contributed by atoms with Gasteiger partial charge in [0.2, 0.25) is 5.91 Å². The second kappa shape index (κ2) is 10.2. The van der Waals surface area contributed by atoms with Crippen molar-refractivity contribution in [1.82, 2.24) is 14.7 Å². The van der Waals surface area contributed by atoms with Crippen molar-refractivity contribution < 1.29 is 9.59 Å². The van der Waals surface area contributed by atoms with Crippen LogP contribution in [0.2, 0.25) is 5.02 Å². The fourth-order valence-corrected chi connectivity index (χ4v) is 4.60. The van der Waals surface area contributed by atoms with Gasteiger partial charge >= 0.3 is 0 Å². The molecule has 4 aromatic rings. The molecule has 164 valence electrons. The van der Waals surface area contributed by atoms with Crippen molar-refractivity contribution in [2.24, 2.45) is 0 Å². The maximum atomic E-state index is 12.9. The Morgan fingerprint density at radius 3 is 2.69 bits per heavy atom. The van der Waals surface area contributed by atoms with Crippen molar-refractivity contribution >= 4 is 57.2 Å². The summed E-state index contributed by atoms with van der Waals surface area (Å²) >= 11 is 9.32. The second-order valence-electron chi connectivity index (χ2n) is 7.07. The minimum atomic E-state index is -0.675. The molecule has 2 heterocycles. The quantitative estimate of drug-likeness (QED) is 0.360. The number of fused-ring (bicyclic) bond motifs is 1. The Balaban J connectivity index is 1.44. The molecule has 2 N–H and O–H groups in total. The third kappa shape index (κ3) is 5.15. The molecule has 0 aliphatic rings. The molecule has 4 rings (SSSR count). The molecule has 0 spiro atoms. The number of thiazole rings is 1. The monoisotopic (exact) mass is 484 g/mol. The van der Waals surface area contributed by atoms with E-state index in [0.717, 1.165) is 22.0 Å². The van der Waals surface area contributed by atoms with Crippen molar-refractivity contribution in [3.8, 4) is 11.3 Å². The lowest BCUT2D eigenvalue weighted by molar-refractivity contribution is -0.118. The van der Waals surface area contributed by atoms with E-state index in [1.807, 2.05) is 52.7 Å². The predicted molar refractivity (Wildman–Crippen MR) is 133 cm³/mol. The van der Waals surface area contributed by atoms with E-state index in [1.54, 1.807) is 47.4 Å². The van der Waals surface area contributed by atoms with Gasteiger partial charge in [0.25, 0.3) is 5.91 Å². The van der Waals surface area contributed by atoms with Crippen molar-refractivity contribution in [1.29, 1.82) is 0 Å². The summed E-state index contributed by atoms with van der Waals surface area (Å²) in [7, 11) is 0. The number of thioether (sulfide) groups is 1. The van der Waals surface area contributed by atoms with Gasteiger partial charge in [0.05, 0.1) is 16.3 Å². The fraction of sp³-hybridized carbons (Fsp3) is 0.174. The highest BCUT2D eigenvalue weighted by Gasteiger charge is 2.22. The van der Waals surface area contributed by atoms with Gasteiger partial charge in [-0.1, -0.05) is 35.9 Å². The number of benzene rings is 2. The molecule has 0 aliphatic carbocycles. The third-order valence-corrected chi connectivity index (χ3v) is 6.64. The number of carbonyl (C=O) groups is 2. The van der Waals surface area contributed by atoms with Crippen molar-refractivity contribution in [3.63, 3.8) is 0 Å². The molecule has 6 nitrogen and oxygen atoms in total. The van der Waals surface area contributed by atoms with E-state index < -0.39 is 6.04 Å². The molecule has 0 bridgehead atoms. The number of hydrogen-bond acceptors (Lipinski definition) is 5. The standard InChI is InChI=1S/C23H21ClN4O2S2/c1-31-12-10-19(26-21(29)17-4-2-3-5-18(17)24)22(30)25-16-8-6-15(7-9-16)20-14-28-11-13-32-23(28)27-20/h2-9,11,13-14,19H,10,12H2,1H3,(H,25,30)(H,26,29). The topological polar surface area (TPSA) is 75.5 Å². The zero-order valence-corrected chi connectivity index (χ0v) is 19.6. The van der Waals surface area contributed by atoms with Gasteiger partial charge in [0, 0.05) is 29.0 Å². The van der Waals surface area contributed by atoms with Crippen LogP contribution in [0.4, 0.5) is 5.69 Å². The Kier molecular flexibility index (Phi) is 7.14. The molecular weight excluding hydrogens is 464 g/mol. The van der Waals surface area contributed by atoms with Crippen LogP contribution < -0.4 is 10.6 Å². The van der Waals surface area contributed by atoms with E-state index >= 15 is 0 Å². The summed E-state index contributed by atoms with van der Waals surface area (Å²) < 4.78 is 1.98. The molecule has 0 saturated carbocycles. The molecule has 2 amide bonds. The van der Waals surface area contributed by atoms with Crippen LogP contribution in [0.1, 0.15) is 16.8 Å². The molecule has 0 saturated heterocycles.